The van der Waals surface area contributed by atoms with Crippen LogP contribution in [0.2, 0.25) is 0 Å². The summed E-state index contributed by atoms with van der Waals surface area (Å²) in [5.74, 6) is 1.44. The molecule has 0 atom stereocenters. The topological polar surface area (TPSA) is 58.9 Å². The van der Waals surface area contributed by atoms with Crippen molar-refractivity contribution in [2.24, 2.45) is 0 Å². The highest BCUT2D eigenvalue weighted by Gasteiger charge is 2.05. The van der Waals surface area contributed by atoms with Gasteiger partial charge in [0.25, 0.3) is 0 Å². The molecule has 0 unspecified atom stereocenters. The molecule has 2 rings (SSSR count). The molecule has 0 fully saturated rings. The van der Waals surface area contributed by atoms with Gasteiger partial charge in [-0.1, -0.05) is 6.07 Å². The van der Waals surface area contributed by atoms with Gasteiger partial charge in [0.05, 0.1) is 14.2 Å². The largest absolute Gasteiger partial charge is 0.508 e. The molecule has 0 bridgehead atoms. The number of rotatable bonds is 5. The van der Waals surface area contributed by atoms with Gasteiger partial charge in [-0.3, -0.25) is 0 Å². The van der Waals surface area contributed by atoms with Crippen LogP contribution in [0.25, 0.3) is 0 Å². The Hall–Kier alpha value is -2.36. The third-order valence-electron chi connectivity index (χ3n) is 3.13. The predicted octanol–water partition coefficient (Wildman–Crippen LogP) is 2.90. The quantitative estimate of drug-likeness (QED) is 0.880. The number of phenolic OH excluding ortho intramolecular Hbond substituents is 2. The average Bonchev–Trinajstić information content (AvgIpc) is 2.45. The molecular formula is C16H18O4. The van der Waals surface area contributed by atoms with E-state index in [2.05, 4.69) is 0 Å². The Kier molecular flexibility index (Phi) is 4.35. The lowest BCUT2D eigenvalue weighted by atomic mass is 10.0. The summed E-state index contributed by atoms with van der Waals surface area (Å²) >= 11 is 0. The van der Waals surface area contributed by atoms with Crippen molar-refractivity contribution in [3.8, 4) is 23.0 Å². The Bertz CT molecular complexity index is 593. The molecule has 0 heterocycles. The second-order valence-corrected chi connectivity index (χ2v) is 4.55. The van der Waals surface area contributed by atoms with E-state index in [1.807, 2.05) is 18.2 Å². The van der Waals surface area contributed by atoms with Crippen molar-refractivity contribution >= 4 is 0 Å². The number of aromatic hydroxyl groups is 2. The number of ether oxygens (including phenoxy) is 2. The fourth-order valence-corrected chi connectivity index (χ4v) is 2.07. The molecule has 0 amide bonds. The average molecular weight is 274 g/mol. The van der Waals surface area contributed by atoms with Crippen molar-refractivity contribution < 1.29 is 19.7 Å². The van der Waals surface area contributed by atoms with Crippen molar-refractivity contribution in [3.63, 3.8) is 0 Å². The zero-order valence-corrected chi connectivity index (χ0v) is 11.6. The van der Waals surface area contributed by atoms with Crippen LogP contribution in [0.4, 0.5) is 0 Å². The standard InChI is InChI=1S/C16H18O4/c1-19-14-8-12(7-13(17)10-14)4-3-11-5-6-15(18)16(9-11)20-2/h5-10,17-18H,3-4H2,1-2H3. The lowest BCUT2D eigenvalue weighted by Crippen LogP contribution is -1.94. The summed E-state index contributed by atoms with van der Waals surface area (Å²) in [6.45, 7) is 0. The third kappa shape index (κ3) is 3.35. The van der Waals surface area contributed by atoms with Gasteiger partial charge in [-0.25, -0.2) is 0 Å². The number of methoxy groups -OCH3 is 2. The molecule has 2 N–H and O–H groups in total. The van der Waals surface area contributed by atoms with Crippen molar-refractivity contribution in [1.29, 1.82) is 0 Å². The molecule has 4 nitrogen and oxygen atoms in total. The van der Waals surface area contributed by atoms with Gasteiger partial charge in [-0.05, 0) is 48.2 Å². The third-order valence-corrected chi connectivity index (χ3v) is 3.13. The second-order valence-electron chi connectivity index (χ2n) is 4.55. The number of phenols is 2. The number of aryl methyl sites for hydroxylation is 2. The monoisotopic (exact) mass is 274 g/mol. The molecule has 106 valence electrons. The zero-order chi connectivity index (χ0) is 14.5. The molecule has 0 radical (unpaired) electrons. The minimum absolute atomic E-state index is 0.135. The Morgan fingerprint density at radius 3 is 2.30 bits per heavy atom. The lowest BCUT2D eigenvalue weighted by molar-refractivity contribution is 0.373. The number of hydrogen-bond acceptors (Lipinski definition) is 4. The fraction of sp³-hybridized carbons (Fsp3) is 0.250. The lowest BCUT2D eigenvalue weighted by Gasteiger charge is -2.08. The zero-order valence-electron chi connectivity index (χ0n) is 11.6. The fourth-order valence-electron chi connectivity index (χ4n) is 2.07. The van der Waals surface area contributed by atoms with Crippen LogP contribution in [0.1, 0.15) is 11.1 Å². The van der Waals surface area contributed by atoms with E-state index in [1.165, 1.54) is 7.11 Å². The first kappa shape index (κ1) is 14.1. The molecule has 0 aliphatic rings. The highest BCUT2D eigenvalue weighted by atomic mass is 16.5. The number of hydrogen-bond donors (Lipinski definition) is 2. The van der Waals surface area contributed by atoms with Crippen LogP contribution in [-0.2, 0) is 12.8 Å². The molecule has 2 aromatic carbocycles. The van der Waals surface area contributed by atoms with Crippen molar-refractivity contribution in [3.05, 3.63) is 47.5 Å². The second kappa shape index (κ2) is 6.19. The van der Waals surface area contributed by atoms with E-state index in [0.717, 1.165) is 24.0 Å². The highest BCUT2D eigenvalue weighted by molar-refractivity contribution is 5.42. The van der Waals surface area contributed by atoms with Crippen LogP contribution in [0.3, 0.4) is 0 Å². The minimum Gasteiger partial charge on any atom is -0.508 e. The van der Waals surface area contributed by atoms with E-state index >= 15 is 0 Å². The van der Waals surface area contributed by atoms with Gasteiger partial charge in [-0.2, -0.15) is 0 Å². The maximum absolute atomic E-state index is 9.61. The van der Waals surface area contributed by atoms with E-state index in [0.29, 0.717) is 11.5 Å². The van der Waals surface area contributed by atoms with E-state index in [9.17, 15) is 10.2 Å². The summed E-state index contributed by atoms with van der Waals surface area (Å²) in [6, 6.07) is 10.5. The Balaban J connectivity index is 2.10. The summed E-state index contributed by atoms with van der Waals surface area (Å²) in [4.78, 5) is 0. The molecule has 0 saturated carbocycles. The van der Waals surface area contributed by atoms with Gasteiger partial charge in [0.2, 0.25) is 0 Å². The molecule has 4 heteroatoms. The van der Waals surface area contributed by atoms with Crippen LogP contribution < -0.4 is 9.47 Å². The van der Waals surface area contributed by atoms with Crippen molar-refractivity contribution in [1.82, 2.24) is 0 Å². The first-order valence-corrected chi connectivity index (χ1v) is 6.35. The van der Waals surface area contributed by atoms with E-state index in [1.54, 1.807) is 25.3 Å². The van der Waals surface area contributed by atoms with Gasteiger partial charge < -0.3 is 19.7 Å². The predicted molar refractivity (Wildman–Crippen MR) is 76.7 cm³/mol. The van der Waals surface area contributed by atoms with Crippen LogP contribution in [0.5, 0.6) is 23.0 Å². The normalized spacial score (nSPS) is 10.3. The van der Waals surface area contributed by atoms with Gasteiger partial charge >= 0.3 is 0 Å². The van der Waals surface area contributed by atoms with E-state index < -0.39 is 0 Å². The van der Waals surface area contributed by atoms with E-state index in [4.69, 9.17) is 9.47 Å². The Labute approximate surface area is 118 Å². The van der Waals surface area contributed by atoms with Gasteiger partial charge in [0, 0.05) is 6.07 Å². The SMILES string of the molecule is COc1cc(O)cc(CCc2ccc(O)c(OC)c2)c1. The van der Waals surface area contributed by atoms with Crippen molar-refractivity contribution in [2.75, 3.05) is 14.2 Å². The Morgan fingerprint density at radius 1 is 0.850 bits per heavy atom. The minimum atomic E-state index is 0.135. The molecule has 0 spiro atoms. The number of benzene rings is 2. The summed E-state index contributed by atoms with van der Waals surface area (Å²) in [7, 11) is 3.10. The molecule has 0 saturated heterocycles. The first-order chi connectivity index (χ1) is 9.62. The summed E-state index contributed by atoms with van der Waals surface area (Å²) in [6.07, 6.45) is 1.54. The molecule has 0 aliphatic heterocycles. The smallest absolute Gasteiger partial charge is 0.160 e. The summed E-state index contributed by atoms with van der Waals surface area (Å²) < 4.78 is 10.2. The van der Waals surface area contributed by atoms with E-state index in [-0.39, 0.29) is 11.5 Å². The molecular weight excluding hydrogens is 256 g/mol. The van der Waals surface area contributed by atoms with Crippen LogP contribution in [-0.4, -0.2) is 24.4 Å². The van der Waals surface area contributed by atoms with Crippen LogP contribution in [0, 0.1) is 0 Å². The maximum Gasteiger partial charge on any atom is 0.160 e. The highest BCUT2D eigenvalue weighted by Crippen LogP contribution is 2.27. The summed E-state index contributed by atoms with van der Waals surface area (Å²) in [5.41, 5.74) is 2.05. The van der Waals surface area contributed by atoms with Gasteiger partial charge in [0.1, 0.15) is 11.5 Å². The maximum atomic E-state index is 9.61. The molecule has 0 aromatic heterocycles. The van der Waals surface area contributed by atoms with Crippen molar-refractivity contribution in [2.45, 2.75) is 12.8 Å². The molecule has 20 heavy (non-hydrogen) atoms. The summed E-state index contributed by atoms with van der Waals surface area (Å²) in [5, 5.41) is 19.2. The van der Waals surface area contributed by atoms with Crippen LogP contribution in [0.15, 0.2) is 36.4 Å². The van der Waals surface area contributed by atoms with Gasteiger partial charge in [0.15, 0.2) is 11.5 Å². The molecule has 2 aromatic rings. The Morgan fingerprint density at radius 2 is 1.60 bits per heavy atom. The molecule has 0 aliphatic carbocycles. The van der Waals surface area contributed by atoms with Crippen LogP contribution >= 0.6 is 0 Å². The first-order valence-electron chi connectivity index (χ1n) is 6.35. The van der Waals surface area contributed by atoms with Gasteiger partial charge in [-0.15, -0.1) is 0 Å².